The van der Waals surface area contributed by atoms with Crippen molar-refractivity contribution in [1.82, 2.24) is 4.98 Å². The Balaban J connectivity index is 1.76. The summed E-state index contributed by atoms with van der Waals surface area (Å²) < 4.78 is 13.4. The van der Waals surface area contributed by atoms with Gasteiger partial charge in [-0.25, -0.2) is 4.39 Å². The highest BCUT2D eigenvalue weighted by molar-refractivity contribution is 6.30. The first-order chi connectivity index (χ1) is 12.5. The molecule has 0 spiro atoms. The van der Waals surface area contributed by atoms with Gasteiger partial charge in [0.05, 0.1) is 10.4 Å². The van der Waals surface area contributed by atoms with Gasteiger partial charge in [0.2, 0.25) is 5.91 Å². The first-order valence-electron chi connectivity index (χ1n) is 8.28. The van der Waals surface area contributed by atoms with Crippen molar-refractivity contribution in [2.75, 3.05) is 5.32 Å². The van der Waals surface area contributed by atoms with Crippen LogP contribution in [0.5, 0.6) is 0 Å². The molecule has 3 nitrogen and oxygen atoms in total. The number of aromatic nitrogens is 1. The van der Waals surface area contributed by atoms with E-state index < -0.39 is 11.2 Å². The average molecular weight is 367 g/mol. The van der Waals surface area contributed by atoms with Gasteiger partial charge in [0.15, 0.2) is 0 Å². The lowest BCUT2D eigenvalue weighted by molar-refractivity contribution is -0.120. The maximum atomic E-state index is 13.4. The molecule has 1 aliphatic heterocycles. The van der Waals surface area contributed by atoms with Crippen LogP contribution < -0.4 is 5.32 Å². The molecule has 1 atom stereocenters. The Kier molecular flexibility index (Phi) is 4.00. The molecular weight excluding hydrogens is 351 g/mol. The summed E-state index contributed by atoms with van der Waals surface area (Å²) in [6, 6.07) is 14.4. The molecule has 0 saturated heterocycles. The second kappa shape index (κ2) is 6.22. The van der Waals surface area contributed by atoms with Gasteiger partial charge in [0.1, 0.15) is 5.82 Å². The number of anilines is 1. The number of amides is 1. The van der Waals surface area contributed by atoms with E-state index in [0.29, 0.717) is 6.42 Å². The third kappa shape index (κ3) is 2.76. The summed E-state index contributed by atoms with van der Waals surface area (Å²) in [5.41, 5.74) is 3.86. The van der Waals surface area contributed by atoms with Crippen LogP contribution in [0.1, 0.15) is 18.1 Å². The fourth-order valence-electron chi connectivity index (χ4n) is 3.45. The zero-order chi connectivity index (χ0) is 18.3. The molecular formula is C21H16ClFN2O. The fourth-order valence-corrected chi connectivity index (χ4v) is 3.65. The highest BCUT2D eigenvalue weighted by Gasteiger charge is 2.42. The summed E-state index contributed by atoms with van der Waals surface area (Å²) in [7, 11) is 0. The van der Waals surface area contributed by atoms with E-state index in [-0.39, 0.29) is 10.9 Å². The monoisotopic (exact) mass is 366 g/mol. The number of carbonyl (C=O) groups excluding carboxylic acids is 1. The second-order valence-corrected chi connectivity index (χ2v) is 7.11. The van der Waals surface area contributed by atoms with Crippen molar-refractivity contribution in [3.63, 3.8) is 0 Å². The van der Waals surface area contributed by atoms with Crippen LogP contribution in [0.25, 0.3) is 11.1 Å². The van der Waals surface area contributed by atoms with Gasteiger partial charge in [-0.05, 0) is 72.0 Å². The zero-order valence-corrected chi connectivity index (χ0v) is 14.8. The SMILES string of the molecule is CC1(Cc2ccc(F)c(Cl)c2)C(=O)Nc2ccc(-c3ccncc3)cc21. The van der Waals surface area contributed by atoms with Crippen molar-refractivity contribution in [1.29, 1.82) is 0 Å². The molecule has 26 heavy (non-hydrogen) atoms. The molecule has 3 aromatic rings. The maximum absolute atomic E-state index is 13.4. The van der Waals surface area contributed by atoms with Crippen LogP contribution in [0.15, 0.2) is 60.9 Å². The summed E-state index contributed by atoms with van der Waals surface area (Å²) in [4.78, 5) is 16.8. The van der Waals surface area contributed by atoms with Crippen LogP contribution in [0.3, 0.4) is 0 Å². The second-order valence-electron chi connectivity index (χ2n) is 6.71. The maximum Gasteiger partial charge on any atom is 0.235 e. The predicted molar refractivity (Wildman–Crippen MR) is 101 cm³/mol. The van der Waals surface area contributed by atoms with E-state index in [1.165, 1.54) is 6.07 Å². The molecule has 1 aromatic heterocycles. The van der Waals surface area contributed by atoms with Crippen LogP contribution in [0.2, 0.25) is 5.02 Å². The number of hydrogen-bond donors (Lipinski definition) is 1. The number of pyridine rings is 1. The number of hydrogen-bond acceptors (Lipinski definition) is 2. The minimum atomic E-state index is -0.750. The minimum absolute atomic E-state index is 0.0651. The molecule has 1 aliphatic rings. The summed E-state index contributed by atoms with van der Waals surface area (Å²) in [5, 5.41) is 3.02. The van der Waals surface area contributed by atoms with Gasteiger partial charge in [-0.1, -0.05) is 23.7 Å². The highest BCUT2D eigenvalue weighted by Crippen LogP contribution is 2.42. The number of halogens is 2. The predicted octanol–water partition coefficient (Wildman–Crippen LogP) is 4.99. The number of rotatable bonds is 3. The summed E-state index contributed by atoms with van der Waals surface area (Å²) in [6.07, 6.45) is 3.92. The third-order valence-electron chi connectivity index (χ3n) is 4.92. The fraction of sp³-hybridized carbons (Fsp3) is 0.143. The number of nitrogens with zero attached hydrogens (tertiary/aromatic N) is 1. The van der Waals surface area contributed by atoms with Gasteiger partial charge in [-0.2, -0.15) is 0 Å². The van der Waals surface area contributed by atoms with Crippen LogP contribution >= 0.6 is 11.6 Å². The van der Waals surface area contributed by atoms with Crippen LogP contribution in [-0.4, -0.2) is 10.9 Å². The van der Waals surface area contributed by atoms with E-state index in [4.69, 9.17) is 11.6 Å². The lowest BCUT2D eigenvalue weighted by Gasteiger charge is -2.23. The topological polar surface area (TPSA) is 42.0 Å². The average Bonchev–Trinajstić information content (AvgIpc) is 2.89. The summed E-state index contributed by atoms with van der Waals surface area (Å²) in [6.45, 7) is 1.90. The van der Waals surface area contributed by atoms with E-state index in [9.17, 15) is 9.18 Å². The van der Waals surface area contributed by atoms with E-state index in [0.717, 1.165) is 27.9 Å². The molecule has 0 aliphatic carbocycles. The number of fused-ring (bicyclic) bond motifs is 1. The van der Waals surface area contributed by atoms with Crippen molar-refractivity contribution < 1.29 is 9.18 Å². The van der Waals surface area contributed by atoms with Gasteiger partial charge in [-0.15, -0.1) is 0 Å². The molecule has 0 fully saturated rings. The normalized spacial score (nSPS) is 18.5. The largest absolute Gasteiger partial charge is 0.325 e. The summed E-state index contributed by atoms with van der Waals surface area (Å²) in [5.74, 6) is -0.531. The smallest absolute Gasteiger partial charge is 0.235 e. The van der Waals surface area contributed by atoms with E-state index in [1.54, 1.807) is 24.5 Å². The highest BCUT2D eigenvalue weighted by atomic mass is 35.5. The molecule has 2 aromatic carbocycles. The van der Waals surface area contributed by atoms with Crippen LogP contribution in [-0.2, 0) is 16.6 Å². The molecule has 5 heteroatoms. The molecule has 2 heterocycles. The first kappa shape index (κ1) is 16.7. The van der Waals surface area contributed by atoms with Crippen molar-refractivity contribution in [3.8, 4) is 11.1 Å². The van der Waals surface area contributed by atoms with Crippen molar-refractivity contribution in [2.45, 2.75) is 18.8 Å². The van der Waals surface area contributed by atoms with Gasteiger partial charge >= 0.3 is 0 Å². The lowest BCUT2D eigenvalue weighted by Crippen LogP contribution is -2.33. The van der Waals surface area contributed by atoms with Gasteiger partial charge in [0, 0.05) is 18.1 Å². The molecule has 1 amide bonds. The Bertz CT molecular complexity index is 1010. The molecule has 0 saturated carbocycles. The van der Waals surface area contributed by atoms with Crippen molar-refractivity contribution in [3.05, 3.63) is 82.9 Å². The van der Waals surface area contributed by atoms with E-state index in [1.807, 2.05) is 37.3 Å². The minimum Gasteiger partial charge on any atom is -0.325 e. The quantitative estimate of drug-likeness (QED) is 0.709. The van der Waals surface area contributed by atoms with Crippen molar-refractivity contribution >= 4 is 23.2 Å². The molecule has 1 N–H and O–H groups in total. The molecule has 130 valence electrons. The molecule has 0 radical (unpaired) electrons. The summed E-state index contributed by atoms with van der Waals surface area (Å²) >= 11 is 5.91. The van der Waals surface area contributed by atoms with Gasteiger partial charge in [-0.3, -0.25) is 9.78 Å². The molecule has 0 bridgehead atoms. The van der Waals surface area contributed by atoms with Crippen molar-refractivity contribution in [2.24, 2.45) is 0 Å². The van der Waals surface area contributed by atoms with Gasteiger partial charge < -0.3 is 5.32 Å². The molecule has 1 unspecified atom stereocenters. The third-order valence-corrected chi connectivity index (χ3v) is 5.21. The Morgan fingerprint density at radius 1 is 1.08 bits per heavy atom. The Hall–Kier alpha value is -2.72. The number of benzene rings is 2. The van der Waals surface area contributed by atoms with E-state index in [2.05, 4.69) is 10.3 Å². The van der Waals surface area contributed by atoms with Crippen LogP contribution in [0, 0.1) is 5.82 Å². The van der Waals surface area contributed by atoms with Crippen LogP contribution in [0.4, 0.5) is 10.1 Å². The standard InChI is InChI=1S/C21H16ClFN2O/c1-21(12-13-2-4-18(23)17(22)10-13)16-11-15(14-6-8-24-9-7-14)3-5-19(16)25-20(21)26/h2-11H,12H2,1H3,(H,25,26). The Morgan fingerprint density at radius 2 is 1.85 bits per heavy atom. The first-order valence-corrected chi connectivity index (χ1v) is 8.65. The lowest BCUT2D eigenvalue weighted by atomic mass is 9.77. The number of carbonyl (C=O) groups is 1. The van der Waals surface area contributed by atoms with E-state index >= 15 is 0 Å². The molecule has 4 rings (SSSR count). The number of nitrogens with one attached hydrogen (secondary N) is 1. The van der Waals surface area contributed by atoms with Gasteiger partial charge in [0.25, 0.3) is 0 Å². The zero-order valence-electron chi connectivity index (χ0n) is 14.1. The Labute approximate surface area is 155 Å². The Morgan fingerprint density at radius 3 is 2.58 bits per heavy atom.